The first kappa shape index (κ1) is 25.3. The van der Waals surface area contributed by atoms with Gasteiger partial charge in [0.2, 0.25) is 0 Å². The lowest BCUT2D eigenvalue weighted by Gasteiger charge is -2.13. The van der Waals surface area contributed by atoms with E-state index in [-0.39, 0.29) is 0 Å². The summed E-state index contributed by atoms with van der Waals surface area (Å²) in [5, 5.41) is 0. The zero-order valence-electron chi connectivity index (χ0n) is 17.8. The molecular weight excluding hydrogens is 324 g/mol. The molecule has 0 bridgehead atoms. The van der Waals surface area contributed by atoms with Crippen molar-refractivity contribution in [1.29, 1.82) is 0 Å². The van der Waals surface area contributed by atoms with Crippen LogP contribution in [-0.4, -0.2) is 5.88 Å². The molecule has 0 saturated heterocycles. The molecule has 1 atom stereocenters. The van der Waals surface area contributed by atoms with Crippen molar-refractivity contribution >= 4 is 11.6 Å². The van der Waals surface area contributed by atoms with Gasteiger partial charge >= 0.3 is 0 Å². The van der Waals surface area contributed by atoms with E-state index in [1.165, 1.54) is 128 Å². The summed E-state index contributed by atoms with van der Waals surface area (Å²) < 4.78 is 0. The van der Waals surface area contributed by atoms with Crippen molar-refractivity contribution < 1.29 is 0 Å². The van der Waals surface area contributed by atoms with E-state index in [0.29, 0.717) is 0 Å². The number of unbranched alkanes of at least 4 members (excludes halogenated alkanes) is 16. The van der Waals surface area contributed by atoms with E-state index in [1.54, 1.807) is 0 Å². The van der Waals surface area contributed by atoms with Crippen molar-refractivity contribution in [3.8, 4) is 0 Å². The van der Waals surface area contributed by atoms with Gasteiger partial charge in [-0.15, -0.1) is 11.6 Å². The van der Waals surface area contributed by atoms with E-state index in [9.17, 15) is 0 Å². The maximum Gasteiger partial charge on any atom is 0.0251 e. The van der Waals surface area contributed by atoms with Crippen LogP contribution in [0.2, 0.25) is 0 Å². The Morgan fingerprint density at radius 1 is 0.440 bits per heavy atom. The Bertz CT molecular complexity index is 226. The summed E-state index contributed by atoms with van der Waals surface area (Å²) >= 11 is 6.18. The molecule has 0 amide bonds. The number of rotatable bonds is 21. The third-order valence-electron chi connectivity index (χ3n) is 5.65. The van der Waals surface area contributed by atoms with Crippen molar-refractivity contribution in [3.63, 3.8) is 0 Å². The first-order chi connectivity index (χ1) is 12.3. The normalized spacial score (nSPS) is 12.6. The van der Waals surface area contributed by atoms with Crippen LogP contribution in [0.25, 0.3) is 0 Å². The monoisotopic (exact) mass is 372 g/mol. The largest absolute Gasteiger partial charge is 0.126 e. The standard InChI is InChI=1S/C24H49Cl/c1-3-5-7-9-11-12-13-14-16-18-20-22-24(23-25)21-19-17-15-10-8-6-4-2/h24H,3-23H2,1-2H3. The maximum atomic E-state index is 6.18. The number of halogens is 1. The smallest absolute Gasteiger partial charge is 0.0251 e. The predicted molar refractivity (Wildman–Crippen MR) is 118 cm³/mol. The van der Waals surface area contributed by atoms with Crippen molar-refractivity contribution in [2.45, 2.75) is 142 Å². The van der Waals surface area contributed by atoms with E-state index in [1.807, 2.05) is 0 Å². The molecule has 0 spiro atoms. The van der Waals surface area contributed by atoms with Gasteiger partial charge in [-0.25, -0.2) is 0 Å². The van der Waals surface area contributed by atoms with Crippen LogP contribution in [0, 0.1) is 5.92 Å². The predicted octanol–water partition coefficient (Wildman–Crippen LogP) is 9.68. The van der Waals surface area contributed by atoms with E-state index in [4.69, 9.17) is 11.6 Å². The van der Waals surface area contributed by atoms with E-state index in [2.05, 4.69) is 13.8 Å². The lowest BCUT2D eigenvalue weighted by molar-refractivity contribution is 0.434. The SMILES string of the molecule is CCCCCCCCCCCCCC(CCl)CCCCCCCCC. The minimum Gasteiger partial charge on any atom is -0.126 e. The minimum atomic E-state index is 0.788. The lowest BCUT2D eigenvalue weighted by atomic mass is 9.95. The summed E-state index contributed by atoms with van der Waals surface area (Å²) in [5.41, 5.74) is 0. The fourth-order valence-corrected chi connectivity index (χ4v) is 4.09. The Morgan fingerprint density at radius 3 is 1.00 bits per heavy atom. The maximum absolute atomic E-state index is 6.18. The molecule has 0 heterocycles. The van der Waals surface area contributed by atoms with Crippen molar-refractivity contribution in [1.82, 2.24) is 0 Å². The highest BCUT2D eigenvalue weighted by Gasteiger charge is 2.06. The average molecular weight is 373 g/mol. The molecule has 0 N–H and O–H groups in total. The fourth-order valence-electron chi connectivity index (χ4n) is 3.79. The average Bonchev–Trinajstić information content (AvgIpc) is 2.63. The van der Waals surface area contributed by atoms with Gasteiger partial charge in [-0.05, 0) is 18.8 Å². The molecule has 0 fully saturated rings. The van der Waals surface area contributed by atoms with Crippen LogP contribution in [0.4, 0.5) is 0 Å². The molecule has 0 rings (SSSR count). The number of hydrogen-bond acceptors (Lipinski definition) is 0. The zero-order valence-corrected chi connectivity index (χ0v) is 18.6. The van der Waals surface area contributed by atoms with E-state index in [0.717, 1.165) is 11.8 Å². The molecule has 25 heavy (non-hydrogen) atoms. The van der Waals surface area contributed by atoms with E-state index < -0.39 is 0 Å². The summed E-state index contributed by atoms with van der Waals surface area (Å²) in [4.78, 5) is 0. The van der Waals surface area contributed by atoms with Gasteiger partial charge in [0.05, 0.1) is 0 Å². The topological polar surface area (TPSA) is 0 Å². The quantitative estimate of drug-likeness (QED) is 0.139. The molecule has 0 saturated carbocycles. The van der Waals surface area contributed by atoms with Gasteiger partial charge in [-0.3, -0.25) is 0 Å². The van der Waals surface area contributed by atoms with Crippen molar-refractivity contribution in [2.75, 3.05) is 5.88 Å². The summed E-state index contributed by atoms with van der Waals surface area (Å²) in [7, 11) is 0. The second kappa shape index (κ2) is 22.3. The number of alkyl halides is 1. The first-order valence-corrected chi connectivity index (χ1v) is 12.4. The van der Waals surface area contributed by atoms with Gasteiger partial charge in [0, 0.05) is 5.88 Å². The highest BCUT2D eigenvalue weighted by Crippen LogP contribution is 2.20. The van der Waals surface area contributed by atoms with Gasteiger partial charge in [-0.2, -0.15) is 0 Å². The van der Waals surface area contributed by atoms with Gasteiger partial charge in [0.15, 0.2) is 0 Å². The molecule has 0 aromatic rings. The van der Waals surface area contributed by atoms with Crippen LogP contribution in [-0.2, 0) is 0 Å². The Labute approximate surface area is 165 Å². The Balaban J connectivity index is 3.26. The lowest BCUT2D eigenvalue weighted by Crippen LogP contribution is -2.02. The molecule has 0 nitrogen and oxygen atoms in total. The van der Waals surface area contributed by atoms with Gasteiger partial charge < -0.3 is 0 Å². The molecule has 1 heteroatoms. The van der Waals surface area contributed by atoms with Crippen LogP contribution in [0.1, 0.15) is 142 Å². The fraction of sp³-hybridized carbons (Fsp3) is 1.00. The summed E-state index contributed by atoms with van der Waals surface area (Å²) in [6, 6.07) is 0. The second-order valence-corrected chi connectivity index (χ2v) is 8.56. The first-order valence-electron chi connectivity index (χ1n) is 11.9. The van der Waals surface area contributed by atoms with Gasteiger partial charge in [-0.1, -0.05) is 129 Å². The third-order valence-corrected chi connectivity index (χ3v) is 6.09. The zero-order chi connectivity index (χ0) is 18.4. The van der Waals surface area contributed by atoms with Gasteiger partial charge in [0.25, 0.3) is 0 Å². The summed E-state index contributed by atoms with van der Waals surface area (Å²) in [5.74, 6) is 1.67. The molecule has 1 unspecified atom stereocenters. The third kappa shape index (κ3) is 20.5. The molecule has 0 aromatic carbocycles. The van der Waals surface area contributed by atoms with Crippen LogP contribution >= 0.6 is 11.6 Å². The van der Waals surface area contributed by atoms with Crippen LogP contribution < -0.4 is 0 Å². The highest BCUT2D eigenvalue weighted by atomic mass is 35.5. The van der Waals surface area contributed by atoms with Crippen LogP contribution in [0.3, 0.4) is 0 Å². The Kier molecular flexibility index (Phi) is 22.6. The molecular formula is C24H49Cl. The second-order valence-electron chi connectivity index (χ2n) is 8.25. The minimum absolute atomic E-state index is 0.788. The molecule has 0 aliphatic carbocycles. The molecule has 152 valence electrons. The van der Waals surface area contributed by atoms with Crippen LogP contribution in [0.15, 0.2) is 0 Å². The highest BCUT2D eigenvalue weighted by molar-refractivity contribution is 6.18. The van der Waals surface area contributed by atoms with Gasteiger partial charge in [0.1, 0.15) is 0 Å². The number of hydrogen-bond donors (Lipinski definition) is 0. The summed E-state index contributed by atoms with van der Waals surface area (Å²) in [6.45, 7) is 4.59. The Hall–Kier alpha value is 0.290. The summed E-state index contributed by atoms with van der Waals surface area (Å²) in [6.07, 6.45) is 28.5. The molecule has 0 radical (unpaired) electrons. The van der Waals surface area contributed by atoms with Crippen LogP contribution in [0.5, 0.6) is 0 Å². The Morgan fingerprint density at radius 2 is 0.720 bits per heavy atom. The van der Waals surface area contributed by atoms with Crippen molar-refractivity contribution in [2.24, 2.45) is 5.92 Å². The van der Waals surface area contributed by atoms with Crippen molar-refractivity contribution in [3.05, 3.63) is 0 Å². The van der Waals surface area contributed by atoms with E-state index >= 15 is 0 Å². The molecule has 0 aliphatic rings. The molecule has 0 aromatic heterocycles. The molecule has 0 aliphatic heterocycles.